The van der Waals surface area contributed by atoms with Crippen molar-refractivity contribution < 1.29 is 0 Å². The molecule has 0 unspecified atom stereocenters. The first-order valence-electron chi connectivity index (χ1n) is 14.5. The van der Waals surface area contributed by atoms with Gasteiger partial charge < -0.3 is 10.2 Å². The summed E-state index contributed by atoms with van der Waals surface area (Å²) in [7, 11) is 0. The first-order chi connectivity index (χ1) is 21.2. The molecule has 3 nitrogen and oxygen atoms in total. The predicted octanol–water partition coefficient (Wildman–Crippen LogP) is 8.70. The van der Waals surface area contributed by atoms with E-state index in [1.54, 1.807) is 0 Å². The Morgan fingerprint density at radius 1 is 0.698 bits per heavy atom. The summed E-state index contributed by atoms with van der Waals surface area (Å²) >= 11 is 1.86. The third kappa shape index (κ3) is 3.51. The Morgan fingerprint density at radius 3 is 2.37 bits per heavy atom. The highest BCUT2D eigenvalue weighted by Gasteiger charge is 2.44. The van der Waals surface area contributed by atoms with E-state index in [4.69, 9.17) is 6.57 Å². The summed E-state index contributed by atoms with van der Waals surface area (Å²) in [6, 6.07) is 43.5. The Hall–Kier alpha value is -5.18. The molecule has 1 N–H and O–H groups in total. The minimum absolute atomic E-state index is 0.0888. The van der Waals surface area contributed by atoms with E-state index in [1.165, 1.54) is 65.6 Å². The predicted molar refractivity (Wildman–Crippen MR) is 181 cm³/mol. The quantitative estimate of drug-likeness (QED) is 0.167. The molecule has 3 heterocycles. The number of para-hydroxylation sites is 3. The molecule has 9 rings (SSSR count). The van der Waals surface area contributed by atoms with Gasteiger partial charge >= 0.3 is 0 Å². The number of nitrogens with zero attached hydrogens (tertiary/aromatic N) is 2. The topological polar surface area (TPSA) is 19.6 Å². The highest BCUT2D eigenvalue weighted by atomic mass is 32.2. The van der Waals surface area contributed by atoms with Crippen LogP contribution in [0.5, 0.6) is 0 Å². The molecule has 0 atom stereocenters. The average Bonchev–Trinajstić information content (AvgIpc) is 3.05. The molecular formula is C38H24BN3S. The third-order valence-electron chi connectivity index (χ3n) is 8.99. The number of hydrogen-bond acceptors (Lipinski definition) is 3. The number of benzene rings is 6. The van der Waals surface area contributed by atoms with Crippen molar-refractivity contribution in [2.45, 2.75) is 16.7 Å². The largest absolute Gasteiger partial charge is 0.356 e. The van der Waals surface area contributed by atoms with Crippen LogP contribution in [0.3, 0.4) is 0 Å². The van der Waals surface area contributed by atoms with Gasteiger partial charge in [-0.2, -0.15) is 0 Å². The second-order valence-corrected chi connectivity index (χ2v) is 12.4. The summed E-state index contributed by atoms with van der Waals surface area (Å²) in [5.74, 6) is 0. The third-order valence-corrected chi connectivity index (χ3v) is 10.1. The van der Waals surface area contributed by atoms with Crippen molar-refractivity contribution in [3.8, 4) is 22.3 Å². The Bertz CT molecular complexity index is 2200. The van der Waals surface area contributed by atoms with Gasteiger partial charge in [0.1, 0.15) is 0 Å². The summed E-state index contributed by atoms with van der Waals surface area (Å²) in [4.78, 5) is 8.74. The van der Waals surface area contributed by atoms with Crippen molar-refractivity contribution in [2.24, 2.45) is 0 Å². The molecular weight excluding hydrogens is 541 g/mol. The lowest BCUT2D eigenvalue weighted by Gasteiger charge is -2.44. The minimum Gasteiger partial charge on any atom is -0.356 e. The van der Waals surface area contributed by atoms with E-state index in [0.717, 1.165) is 16.8 Å². The van der Waals surface area contributed by atoms with Crippen LogP contribution in [-0.2, 0) is 0 Å². The van der Waals surface area contributed by atoms with Crippen molar-refractivity contribution in [2.75, 3.05) is 10.2 Å². The maximum atomic E-state index is 7.63. The summed E-state index contributed by atoms with van der Waals surface area (Å²) in [5, 5.41) is 3.95. The smallest absolute Gasteiger partial charge is 0.252 e. The van der Waals surface area contributed by atoms with Crippen molar-refractivity contribution in [1.29, 1.82) is 0 Å². The van der Waals surface area contributed by atoms with Crippen molar-refractivity contribution >= 4 is 69.0 Å². The minimum atomic E-state index is 0.0888. The molecule has 6 aromatic rings. The average molecular weight is 566 g/mol. The Morgan fingerprint density at radius 2 is 1.47 bits per heavy atom. The molecule has 0 saturated heterocycles. The van der Waals surface area contributed by atoms with E-state index in [9.17, 15) is 0 Å². The first kappa shape index (κ1) is 24.4. The number of nitrogens with one attached hydrogen (secondary N) is 1. The first-order valence-corrected chi connectivity index (χ1v) is 15.3. The SMILES string of the molecule is [C-]#[N+]c1cccc(-c2cc3c4c(c2)N2c5ccccc5Sc5cccc(c52)B4c2cccc(-c4ccccc4C)c2N3)c1. The zero-order valence-corrected chi connectivity index (χ0v) is 24.2. The van der Waals surface area contributed by atoms with E-state index < -0.39 is 0 Å². The maximum absolute atomic E-state index is 7.63. The van der Waals surface area contributed by atoms with Gasteiger partial charge in [0.15, 0.2) is 5.69 Å². The van der Waals surface area contributed by atoms with Crippen LogP contribution in [-0.4, -0.2) is 6.71 Å². The van der Waals surface area contributed by atoms with Gasteiger partial charge in [-0.15, -0.1) is 0 Å². The van der Waals surface area contributed by atoms with E-state index in [-0.39, 0.29) is 6.71 Å². The van der Waals surface area contributed by atoms with Crippen LogP contribution in [0.15, 0.2) is 131 Å². The fourth-order valence-electron chi connectivity index (χ4n) is 7.13. The van der Waals surface area contributed by atoms with Crippen LogP contribution in [0.4, 0.5) is 34.1 Å². The fourth-order valence-corrected chi connectivity index (χ4v) is 8.23. The highest BCUT2D eigenvalue weighted by molar-refractivity contribution is 7.99. The number of rotatable bonds is 2. The van der Waals surface area contributed by atoms with E-state index >= 15 is 0 Å². The molecule has 0 radical (unpaired) electrons. The maximum Gasteiger partial charge on any atom is 0.252 e. The Balaban J connectivity index is 1.37. The monoisotopic (exact) mass is 565 g/mol. The number of fused-ring (bicyclic) bond motifs is 6. The van der Waals surface area contributed by atoms with Crippen LogP contribution in [0.1, 0.15) is 5.56 Å². The molecule has 200 valence electrons. The van der Waals surface area contributed by atoms with E-state index in [0.29, 0.717) is 5.69 Å². The highest BCUT2D eigenvalue weighted by Crippen LogP contribution is 2.53. The molecule has 3 aliphatic rings. The molecule has 0 saturated carbocycles. The van der Waals surface area contributed by atoms with Crippen LogP contribution in [0.2, 0.25) is 0 Å². The van der Waals surface area contributed by atoms with Crippen molar-refractivity contribution in [3.63, 3.8) is 0 Å². The molecule has 3 aliphatic heterocycles. The summed E-state index contributed by atoms with van der Waals surface area (Å²) in [6.07, 6.45) is 0. The van der Waals surface area contributed by atoms with Gasteiger partial charge in [0.05, 0.1) is 17.9 Å². The molecule has 43 heavy (non-hydrogen) atoms. The Labute approximate surface area is 255 Å². The molecule has 0 amide bonds. The van der Waals surface area contributed by atoms with Gasteiger partial charge in [0.2, 0.25) is 0 Å². The summed E-state index contributed by atoms with van der Waals surface area (Å²) in [5.41, 5.74) is 16.4. The number of anilines is 5. The van der Waals surface area contributed by atoms with Gasteiger partial charge in [-0.1, -0.05) is 96.7 Å². The molecule has 0 spiro atoms. The second kappa shape index (κ2) is 9.16. The standard InChI is InChI=1S/C38H24BN3S/c1-23-10-3-4-13-27(23)28-14-8-15-29-37(28)41-31-21-25(24-11-7-12-26(20-24)40-2)22-33-36(31)39(29)30-16-9-19-35-38(30)42(33)32-17-5-6-18-34(32)43-35/h3-22,41H,1H3. The van der Waals surface area contributed by atoms with Gasteiger partial charge in [0, 0.05) is 32.4 Å². The zero-order valence-electron chi connectivity index (χ0n) is 23.4. The van der Waals surface area contributed by atoms with Crippen LogP contribution in [0, 0.1) is 13.5 Å². The van der Waals surface area contributed by atoms with Gasteiger partial charge in [0.25, 0.3) is 6.71 Å². The number of aryl methyl sites for hydroxylation is 1. The molecule has 0 aliphatic carbocycles. The lowest BCUT2D eigenvalue weighted by Crippen LogP contribution is -2.60. The Kier molecular flexibility index (Phi) is 5.20. The molecule has 0 bridgehead atoms. The van der Waals surface area contributed by atoms with E-state index in [1.807, 2.05) is 30.0 Å². The van der Waals surface area contributed by atoms with Gasteiger partial charge in [-0.05, 0) is 82.0 Å². The van der Waals surface area contributed by atoms with Crippen molar-refractivity contribution in [3.05, 3.63) is 138 Å². The summed E-state index contributed by atoms with van der Waals surface area (Å²) < 4.78 is 0. The number of hydrogen-bond donors (Lipinski definition) is 1. The van der Waals surface area contributed by atoms with Crippen LogP contribution < -0.4 is 26.6 Å². The van der Waals surface area contributed by atoms with Gasteiger partial charge in [-0.25, -0.2) is 4.85 Å². The lowest BCUT2D eigenvalue weighted by molar-refractivity contribution is 1.17. The zero-order chi connectivity index (χ0) is 28.7. The lowest BCUT2D eigenvalue weighted by atomic mass is 9.33. The molecule has 5 heteroatoms. The van der Waals surface area contributed by atoms with Crippen molar-refractivity contribution in [1.82, 2.24) is 0 Å². The second-order valence-electron chi connectivity index (χ2n) is 11.4. The molecule has 0 fully saturated rings. The van der Waals surface area contributed by atoms with Crippen LogP contribution in [0.25, 0.3) is 27.1 Å². The van der Waals surface area contributed by atoms with Gasteiger partial charge in [-0.3, -0.25) is 0 Å². The molecule has 0 aromatic heterocycles. The van der Waals surface area contributed by atoms with E-state index in [2.05, 4.69) is 125 Å². The summed E-state index contributed by atoms with van der Waals surface area (Å²) in [6.45, 7) is 9.91. The molecule has 6 aromatic carbocycles. The normalized spacial score (nSPS) is 13.2. The fraction of sp³-hybridized carbons (Fsp3) is 0.0263. The van der Waals surface area contributed by atoms with Crippen LogP contribution >= 0.6 is 11.8 Å².